The second-order valence-electron chi connectivity index (χ2n) is 5.83. The van der Waals surface area contributed by atoms with Crippen LogP contribution in [0.1, 0.15) is 24.2 Å². The number of aryl methyl sites for hydroxylation is 1. The van der Waals surface area contributed by atoms with Crippen molar-refractivity contribution in [3.63, 3.8) is 0 Å². The van der Waals surface area contributed by atoms with Crippen LogP contribution in [-0.4, -0.2) is 62.1 Å². The fraction of sp³-hybridized carbons (Fsp3) is 0.714. The van der Waals surface area contributed by atoms with Gasteiger partial charge < -0.3 is 9.64 Å². The number of nitrogens with zero attached hydrogens (tertiary/aromatic N) is 4. The lowest BCUT2D eigenvalue weighted by Gasteiger charge is -2.27. The highest BCUT2D eigenvalue weighted by atomic mass is 32.2. The summed E-state index contributed by atoms with van der Waals surface area (Å²) in [6.07, 6.45) is 1.85. The smallest absolute Gasteiger partial charge is 0.279 e. The quantitative estimate of drug-likeness (QED) is 0.814. The standard InChI is InChI=1S/C14H23N5O3S/c1-12-10-13(11-15-23(20,21)19-4-2-3-5-19)17-14(16-12)18-6-8-22-9-7-18/h10,15H,2-9,11H2,1H3. The monoisotopic (exact) mass is 341 g/mol. The molecule has 0 aromatic carbocycles. The van der Waals surface area contributed by atoms with Crippen LogP contribution >= 0.6 is 0 Å². The topological polar surface area (TPSA) is 87.7 Å². The lowest BCUT2D eigenvalue weighted by atomic mass is 10.3. The molecule has 0 radical (unpaired) electrons. The maximum atomic E-state index is 12.2. The molecule has 0 bridgehead atoms. The van der Waals surface area contributed by atoms with E-state index in [9.17, 15) is 8.42 Å². The van der Waals surface area contributed by atoms with E-state index in [1.165, 1.54) is 4.31 Å². The van der Waals surface area contributed by atoms with Crippen molar-refractivity contribution in [1.82, 2.24) is 19.0 Å². The first kappa shape index (κ1) is 16.6. The maximum absolute atomic E-state index is 12.2. The summed E-state index contributed by atoms with van der Waals surface area (Å²) in [6, 6.07) is 1.82. The van der Waals surface area contributed by atoms with E-state index >= 15 is 0 Å². The average Bonchev–Trinajstić information content (AvgIpc) is 3.09. The Morgan fingerprint density at radius 3 is 2.57 bits per heavy atom. The Morgan fingerprint density at radius 2 is 1.87 bits per heavy atom. The van der Waals surface area contributed by atoms with E-state index in [1.54, 1.807) is 0 Å². The summed E-state index contributed by atoms with van der Waals surface area (Å²) >= 11 is 0. The minimum absolute atomic E-state index is 0.180. The number of hydrogen-bond acceptors (Lipinski definition) is 6. The van der Waals surface area contributed by atoms with Crippen LogP contribution < -0.4 is 9.62 Å². The Balaban J connectivity index is 1.68. The minimum atomic E-state index is -3.42. The molecule has 23 heavy (non-hydrogen) atoms. The van der Waals surface area contributed by atoms with Crippen LogP contribution in [0.5, 0.6) is 0 Å². The van der Waals surface area contributed by atoms with Gasteiger partial charge in [-0.05, 0) is 25.8 Å². The zero-order valence-electron chi connectivity index (χ0n) is 13.4. The second kappa shape index (κ2) is 7.08. The van der Waals surface area contributed by atoms with E-state index in [4.69, 9.17) is 4.74 Å². The number of anilines is 1. The van der Waals surface area contributed by atoms with Gasteiger partial charge in [0.2, 0.25) is 5.95 Å². The third kappa shape index (κ3) is 4.17. The molecule has 9 heteroatoms. The molecular formula is C14H23N5O3S. The Morgan fingerprint density at radius 1 is 1.17 bits per heavy atom. The zero-order valence-corrected chi connectivity index (χ0v) is 14.2. The summed E-state index contributed by atoms with van der Waals surface area (Å²) in [5, 5.41) is 0. The molecule has 0 amide bonds. The van der Waals surface area contributed by atoms with Crippen LogP contribution in [-0.2, 0) is 21.5 Å². The van der Waals surface area contributed by atoms with Crippen molar-refractivity contribution in [1.29, 1.82) is 0 Å². The summed E-state index contributed by atoms with van der Waals surface area (Å²) in [7, 11) is -3.42. The molecule has 3 heterocycles. The van der Waals surface area contributed by atoms with Crippen molar-refractivity contribution >= 4 is 16.2 Å². The Labute approximate surface area is 137 Å². The van der Waals surface area contributed by atoms with Gasteiger partial charge in [-0.1, -0.05) is 0 Å². The molecule has 2 fully saturated rings. The van der Waals surface area contributed by atoms with Crippen LogP contribution in [0.2, 0.25) is 0 Å². The summed E-state index contributed by atoms with van der Waals surface area (Å²) in [6.45, 7) is 6.09. The summed E-state index contributed by atoms with van der Waals surface area (Å²) in [5.74, 6) is 0.642. The Bertz CT molecular complexity index is 640. The normalized spacial score (nSPS) is 20.1. The van der Waals surface area contributed by atoms with Crippen LogP contribution in [0.15, 0.2) is 6.07 Å². The van der Waals surface area contributed by atoms with E-state index in [2.05, 4.69) is 19.6 Å². The lowest BCUT2D eigenvalue weighted by molar-refractivity contribution is 0.122. The van der Waals surface area contributed by atoms with E-state index in [0.717, 1.165) is 31.6 Å². The molecule has 128 valence electrons. The first-order valence-corrected chi connectivity index (χ1v) is 9.40. The van der Waals surface area contributed by atoms with Gasteiger partial charge in [-0.25, -0.2) is 9.97 Å². The van der Waals surface area contributed by atoms with Gasteiger partial charge in [0.15, 0.2) is 0 Å². The van der Waals surface area contributed by atoms with Crippen molar-refractivity contribution in [3.8, 4) is 0 Å². The number of morpholine rings is 1. The van der Waals surface area contributed by atoms with Crippen molar-refractivity contribution in [2.45, 2.75) is 26.3 Å². The van der Waals surface area contributed by atoms with Crippen LogP contribution in [0.4, 0.5) is 5.95 Å². The van der Waals surface area contributed by atoms with Crippen LogP contribution in [0, 0.1) is 6.92 Å². The van der Waals surface area contributed by atoms with Gasteiger partial charge in [-0.3, -0.25) is 0 Å². The summed E-state index contributed by atoms with van der Waals surface area (Å²) in [4.78, 5) is 11.0. The first-order chi connectivity index (χ1) is 11.0. The number of hydrogen-bond donors (Lipinski definition) is 1. The maximum Gasteiger partial charge on any atom is 0.279 e. The largest absolute Gasteiger partial charge is 0.378 e. The first-order valence-electron chi connectivity index (χ1n) is 7.96. The molecule has 0 spiro atoms. The molecule has 0 unspecified atom stereocenters. The predicted octanol–water partition coefficient (Wildman–Crippen LogP) is 0.0518. The van der Waals surface area contributed by atoms with Gasteiger partial charge >= 0.3 is 0 Å². The molecule has 2 saturated heterocycles. The van der Waals surface area contributed by atoms with Crippen molar-refractivity contribution in [3.05, 3.63) is 17.5 Å². The van der Waals surface area contributed by atoms with Gasteiger partial charge in [0.25, 0.3) is 10.2 Å². The summed E-state index contributed by atoms with van der Waals surface area (Å²) < 4.78 is 33.9. The fourth-order valence-electron chi connectivity index (χ4n) is 2.80. The predicted molar refractivity (Wildman–Crippen MR) is 86.4 cm³/mol. The highest BCUT2D eigenvalue weighted by molar-refractivity contribution is 7.87. The minimum Gasteiger partial charge on any atom is -0.378 e. The van der Waals surface area contributed by atoms with Gasteiger partial charge in [0, 0.05) is 31.9 Å². The number of aromatic nitrogens is 2. The number of ether oxygens (including phenoxy) is 1. The Hall–Kier alpha value is -1.29. The van der Waals surface area contributed by atoms with Crippen LogP contribution in [0.3, 0.4) is 0 Å². The molecule has 1 aromatic heterocycles. The molecule has 1 aromatic rings. The molecule has 3 rings (SSSR count). The van der Waals surface area contributed by atoms with Crippen molar-refractivity contribution in [2.75, 3.05) is 44.3 Å². The SMILES string of the molecule is Cc1cc(CNS(=O)(=O)N2CCCC2)nc(N2CCOCC2)n1. The molecule has 2 aliphatic rings. The van der Waals surface area contributed by atoms with E-state index < -0.39 is 10.2 Å². The highest BCUT2D eigenvalue weighted by Crippen LogP contribution is 2.14. The van der Waals surface area contributed by atoms with Gasteiger partial charge in [-0.15, -0.1) is 0 Å². The lowest BCUT2D eigenvalue weighted by Crippen LogP contribution is -2.39. The Kier molecular flexibility index (Phi) is 5.10. The van der Waals surface area contributed by atoms with E-state index in [1.807, 2.05) is 13.0 Å². The van der Waals surface area contributed by atoms with E-state index in [0.29, 0.717) is 37.9 Å². The third-order valence-corrected chi connectivity index (χ3v) is 5.58. The second-order valence-corrected chi connectivity index (χ2v) is 7.59. The van der Waals surface area contributed by atoms with Crippen molar-refractivity contribution < 1.29 is 13.2 Å². The van der Waals surface area contributed by atoms with Crippen molar-refractivity contribution in [2.24, 2.45) is 0 Å². The number of rotatable bonds is 5. The molecule has 0 saturated carbocycles. The zero-order chi connectivity index (χ0) is 16.3. The molecule has 0 aliphatic carbocycles. The van der Waals surface area contributed by atoms with Gasteiger partial charge in [-0.2, -0.15) is 17.4 Å². The molecule has 2 aliphatic heterocycles. The highest BCUT2D eigenvalue weighted by Gasteiger charge is 2.25. The fourth-order valence-corrected chi connectivity index (χ4v) is 4.05. The van der Waals surface area contributed by atoms with Gasteiger partial charge in [0.05, 0.1) is 25.5 Å². The molecule has 1 N–H and O–H groups in total. The average molecular weight is 341 g/mol. The number of nitrogens with one attached hydrogen (secondary N) is 1. The van der Waals surface area contributed by atoms with Crippen LogP contribution in [0.25, 0.3) is 0 Å². The van der Waals surface area contributed by atoms with E-state index in [-0.39, 0.29) is 6.54 Å². The summed E-state index contributed by atoms with van der Waals surface area (Å²) in [5.41, 5.74) is 1.51. The molecule has 0 atom stereocenters. The third-order valence-electron chi connectivity index (χ3n) is 4.03. The molecular weight excluding hydrogens is 318 g/mol. The van der Waals surface area contributed by atoms with Gasteiger partial charge in [0.1, 0.15) is 0 Å². The molecule has 8 nitrogen and oxygen atoms in total.